The fraction of sp³-hybridized carbons (Fsp3) is 1.00. The molecule has 4 atom stereocenters. The summed E-state index contributed by atoms with van der Waals surface area (Å²) in [5.74, 6) is 1.23. The first kappa shape index (κ1) is 19.1. The molecule has 21 heavy (non-hydrogen) atoms. The van der Waals surface area contributed by atoms with Crippen LogP contribution in [0.2, 0.25) is 0 Å². The smallest absolute Gasteiger partial charge is 0.268 e. The third-order valence-corrected chi connectivity index (χ3v) is 5.27. The normalized spacial score (nSPS) is 30.4. The van der Waals surface area contributed by atoms with Crippen LogP contribution in [0.25, 0.3) is 0 Å². The van der Waals surface area contributed by atoms with Gasteiger partial charge in [0.15, 0.2) is 0 Å². The van der Waals surface area contributed by atoms with Gasteiger partial charge in [0.25, 0.3) is 7.82 Å². The second-order valence-electron chi connectivity index (χ2n) is 7.76. The monoisotopic (exact) mass is 321 g/mol. The standard InChI is InChI=1S/C15H32NO4P/c1-12(2)14-8-7-13(3)11-15(14)20-21(17,18)19-10-9-16(4,5)6/h12-15H,7-11H2,1-6H3/t13-,14+,15-/m1/s1. The van der Waals surface area contributed by atoms with Crippen molar-refractivity contribution in [3.63, 3.8) is 0 Å². The minimum absolute atomic E-state index is 0.166. The van der Waals surface area contributed by atoms with Crippen molar-refractivity contribution in [2.24, 2.45) is 17.8 Å². The molecule has 0 amide bonds. The number of nitrogens with zero attached hydrogens (tertiary/aromatic N) is 1. The van der Waals surface area contributed by atoms with Gasteiger partial charge in [-0.1, -0.05) is 27.2 Å². The third-order valence-electron chi connectivity index (χ3n) is 4.24. The van der Waals surface area contributed by atoms with Gasteiger partial charge >= 0.3 is 0 Å². The summed E-state index contributed by atoms with van der Waals surface area (Å²) in [6, 6.07) is 0. The van der Waals surface area contributed by atoms with E-state index < -0.39 is 7.82 Å². The van der Waals surface area contributed by atoms with E-state index in [0.717, 1.165) is 19.3 Å². The van der Waals surface area contributed by atoms with Gasteiger partial charge in [-0.3, -0.25) is 4.57 Å². The Kier molecular flexibility index (Phi) is 6.88. The maximum Gasteiger partial charge on any atom is 0.268 e. The lowest BCUT2D eigenvalue weighted by molar-refractivity contribution is -0.870. The van der Waals surface area contributed by atoms with Crippen molar-refractivity contribution in [3.8, 4) is 0 Å². The molecule has 0 aromatic heterocycles. The van der Waals surface area contributed by atoms with Crippen molar-refractivity contribution < 1.29 is 23.0 Å². The molecule has 1 fully saturated rings. The maximum atomic E-state index is 12.0. The number of phosphoric acid groups is 1. The summed E-state index contributed by atoms with van der Waals surface area (Å²) < 4.78 is 23.1. The lowest BCUT2D eigenvalue weighted by atomic mass is 9.75. The molecule has 1 saturated carbocycles. The minimum Gasteiger partial charge on any atom is -0.756 e. The van der Waals surface area contributed by atoms with Gasteiger partial charge in [-0.15, -0.1) is 0 Å². The predicted molar refractivity (Wildman–Crippen MR) is 82.7 cm³/mol. The molecule has 5 nitrogen and oxygen atoms in total. The molecule has 1 unspecified atom stereocenters. The van der Waals surface area contributed by atoms with Gasteiger partial charge in [0.05, 0.1) is 27.2 Å². The number of rotatable bonds is 7. The molecule has 6 heteroatoms. The van der Waals surface area contributed by atoms with Gasteiger partial charge in [-0.05, 0) is 30.6 Å². The Morgan fingerprint density at radius 3 is 2.43 bits per heavy atom. The zero-order chi connectivity index (χ0) is 16.3. The highest BCUT2D eigenvalue weighted by Crippen LogP contribution is 2.46. The number of phosphoric ester groups is 1. The molecule has 0 spiro atoms. The predicted octanol–water partition coefficient (Wildman–Crippen LogP) is 2.66. The Morgan fingerprint density at radius 1 is 1.29 bits per heavy atom. The highest BCUT2D eigenvalue weighted by atomic mass is 31.2. The van der Waals surface area contributed by atoms with Crippen molar-refractivity contribution in [1.29, 1.82) is 0 Å². The molecule has 0 bridgehead atoms. The van der Waals surface area contributed by atoms with Crippen LogP contribution in [0, 0.1) is 17.8 Å². The topological polar surface area (TPSA) is 58.6 Å². The van der Waals surface area contributed by atoms with Crippen molar-refractivity contribution in [2.45, 2.75) is 46.1 Å². The first-order chi connectivity index (χ1) is 9.50. The molecule has 1 rings (SSSR count). The Morgan fingerprint density at radius 2 is 1.90 bits per heavy atom. The van der Waals surface area contributed by atoms with Crippen molar-refractivity contribution in [2.75, 3.05) is 34.3 Å². The van der Waals surface area contributed by atoms with Gasteiger partial charge in [0.1, 0.15) is 13.2 Å². The van der Waals surface area contributed by atoms with E-state index in [2.05, 4.69) is 20.8 Å². The van der Waals surface area contributed by atoms with Gasteiger partial charge in [0.2, 0.25) is 0 Å². The van der Waals surface area contributed by atoms with Crippen molar-refractivity contribution >= 4 is 7.82 Å². The molecule has 0 radical (unpaired) electrons. The first-order valence-corrected chi connectivity index (χ1v) is 9.40. The van der Waals surface area contributed by atoms with Crippen molar-refractivity contribution in [1.82, 2.24) is 0 Å². The van der Waals surface area contributed by atoms with E-state index in [0.29, 0.717) is 28.8 Å². The van der Waals surface area contributed by atoms with Gasteiger partial charge < -0.3 is 18.4 Å². The maximum absolute atomic E-state index is 12.0. The van der Waals surface area contributed by atoms with E-state index in [1.54, 1.807) is 0 Å². The Bertz CT molecular complexity index is 367. The molecule has 0 heterocycles. The van der Waals surface area contributed by atoms with Crippen LogP contribution in [0.3, 0.4) is 0 Å². The fourth-order valence-electron chi connectivity index (χ4n) is 2.86. The summed E-state index contributed by atoms with van der Waals surface area (Å²) in [6.07, 6.45) is 2.74. The molecule has 0 aromatic carbocycles. The van der Waals surface area contributed by atoms with E-state index in [1.807, 2.05) is 21.1 Å². The zero-order valence-corrected chi connectivity index (χ0v) is 15.3. The molecule has 0 saturated heterocycles. The Hall–Kier alpha value is 0.0700. The lowest BCUT2D eigenvalue weighted by Gasteiger charge is -2.40. The number of hydrogen-bond donors (Lipinski definition) is 0. The number of hydrogen-bond acceptors (Lipinski definition) is 4. The number of likely N-dealkylation sites (N-methyl/N-ethyl adjacent to an activating group) is 1. The Labute approximate surface area is 129 Å². The van der Waals surface area contributed by atoms with Crippen LogP contribution >= 0.6 is 7.82 Å². The number of quaternary nitrogens is 1. The van der Waals surface area contributed by atoms with Crippen LogP contribution in [0.5, 0.6) is 0 Å². The summed E-state index contributed by atoms with van der Waals surface area (Å²) in [7, 11) is 1.78. The van der Waals surface area contributed by atoms with Gasteiger partial charge in [0, 0.05) is 0 Å². The van der Waals surface area contributed by atoms with Crippen molar-refractivity contribution in [3.05, 3.63) is 0 Å². The SMILES string of the molecule is CC(C)[C@@H]1CC[C@@H](C)C[C@H]1OP(=O)([O-])OCC[N+](C)(C)C. The van der Waals surface area contributed by atoms with E-state index in [9.17, 15) is 9.46 Å². The van der Waals surface area contributed by atoms with E-state index in [1.165, 1.54) is 0 Å². The highest BCUT2D eigenvalue weighted by molar-refractivity contribution is 7.45. The first-order valence-electron chi connectivity index (χ1n) is 7.94. The summed E-state index contributed by atoms with van der Waals surface area (Å²) in [5.41, 5.74) is 0. The average molecular weight is 321 g/mol. The molecule has 1 aliphatic rings. The zero-order valence-electron chi connectivity index (χ0n) is 14.4. The highest BCUT2D eigenvalue weighted by Gasteiger charge is 2.34. The van der Waals surface area contributed by atoms with Crippen LogP contribution in [0.15, 0.2) is 0 Å². The van der Waals surface area contributed by atoms with E-state index in [4.69, 9.17) is 9.05 Å². The molecular formula is C15H32NO4P. The van der Waals surface area contributed by atoms with Crippen LogP contribution in [0.1, 0.15) is 40.0 Å². The molecule has 126 valence electrons. The molecule has 1 aliphatic carbocycles. The van der Waals surface area contributed by atoms with E-state index >= 15 is 0 Å². The summed E-state index contributed by atoms with van der Waals surface area (Å²) in [5, 5.41) is 0. The van der Waals surface area contributed by atoms with E-state index in [-0.39, 0.29) is 12.7 Å². The van der Waals surface area contributed by atoms with Crippen LogP contribution in [-0.2, 0) is 13.6 Å². The largest absolute Gasteiger partial charge is 0.756 e. The molecule has 0 aromatic rings. The molecule has 0 aliphatic heterocycles. The summed E-state index contributed by atoms with van der Waals surface area (Å²) >= 11 is 0. The second-order valence-corrected chi connectivity index (χ2v) is 9.13. The Balaban J connectivity index is 2.56. The third kappa shape index (κ3) is 7.25. The summed E-state index contributed by atoms with van der Waals surface area (Å²) in [4.78, 5) is 12.0. The lowest BCUT2D eigenvalue weighted by Crippen LogP contribution is -2.38. The van der Waals surface area contributed by atoms with Crippen LogP contribution in [-0.4, -0.2) is 44.9 Å². The summed E-state index contributed by atoms with van der Waals surface area (Å²) in [6.45, 7) is 7.21. The second kappa shape index (κ2) is 7.56. The molecule has 0 N–H and O–H groups in total. The van der Waals surface area contributed by atoms with Crippen LogP contribution < -0.4 is 4.89 Å². The van der Waals surface area contributed by atoms with Crippen LogP contribution in [0.4, 0.5) is 0 Å². The van der Waals surface area contributed by atoms with Gasteiger partial charge in [-0.2, -0.15) is 0 Å². The quantitative estimate of drug-likeness (QED) is 0.534. The average Bonchev–Trinajstić information content (AvgIpc) is 2.25. The molecular weight excluding hydrogens is 289 g/mol. The fourth-order valence-corrected chi connectivity index (χ4v) is 3.80. The van der Waals surface area contributed by atoms with Gasteiger partial charge in [-0.25, -0.2) is 0 Å². The minimum atomic E-state index is -4.21.